The normalized spacial score (nSPS) is 15.6. The third-order valence-electron chi connectivity index (χ3n) is 5.33. The number of allylic oxidation sites excluding steroid dienone is 6. The molecule has 1 aliphatic rings. The van der Waals surface area contributed by atoms with Crippen LogP contribution in [0.4, 0.5) is 0 Å². The molecular weight excluding hydrogens is 450 g/mol. The van der Waals surface area contributed by atoms with Gasteiger partial charge in [-0.2, -0.15) is 0 Å². The van der Waals surface area contributed by atoms with Crippen LogP contribution in [0.1, 0.15) is 37.8 Å². The first-order chi connectivity index (χ1) is 15.1. The highest BCUT2D eigenvalue weighted by atomic mass is 79.9. The second-order valence-corrected chi connectivity index (χ2v) is 9.12. The first-order valence-corrected chi connectivity index (χ1v) is 11.7. The minimum absolute atomic E-state index is 0.177. The van der Waals surface area contributed by atoms with E-state index in [2.05, 4.69) is 88.4 Å². The molecule has 164 valence electrons. The molecule has 0 unspecified atom stereocenters. The molecule has 3 rings (SSSR count). The molecule has 2 aromatic rings. The highest BCUT2D eigenvalue weighted by Crippen LogP contribution is 2.36. The Morgan fingerprint density at radius 3 is 2.32 bits per heavy atom. The van der Waals surface area contributed by atoms with Crippen LogP contribution in [0.2, 0.25) is 0 Å². The average molecular weight is 482 g/mol. The number of aliphatic hydroxyl groups is 1. The van der Waals surface area contributed by atoms with Crippen LogP contribution in [0.25, 0.3) is 11.1 Å². The van der Waals surface area contributed by atoms with Gasteiger partial charge in [0, 0.05) is 26.2 Å². The highest BCUT2D eigenvalue weighted by molar-refractivity contribution is 9.11. The van der Waals surface area contributed by atoms with Crippen LogP contribution >= 0.6 is 15.9 Å². The Labute approximate surface area is 194 Å². The van der Waals surface area contributed by atoms with E-state index >= 15 is 0 Å². The van der Waals surface area contributed by atoms with Gasteiger partial charge in [0.05, 0.1) is 0 Å². The maximum atomic E-state index is 9.52. The number of ether oxygens (including phenoxy) is 1. The van der Waals surface area contributed by atoms with Crippen LogP contribution in [-0.2, 0) is 0 Å². The summed E-state index contributed by atoms with van der Waals surface area (Å²) in [6.07, 6.45) is 5.77. The van der Waals surface area contributed by atoms with Crippen molar-refractivity contribution >= 4 is 27.1 Å². The highest BCUT2D eigenvalue weighted by Gasteiger charge is 2.16. The minimum atomic E-state index is 0.177. The van der Waals surface area contributed by atoms with Crippen LogP contribution in [0.5, 0.6) is 5.75 Å². The molecule has 1 fully saturated rings. The fourth-order valence-corrected chi connectivity index (χ4v) is 3.71. The Morgan fingerprint density at radius 1 is 1.00 bits per heavy atom. The molecule has 0 bridgehead atoms. The molecule has 0 saturated carbocycles. The summed E-state index contributed by atoms with van der Waals surface area (Å²) in [6.45, 7) is 8.46. The van der Waals surface area contributed by atoms with Crippen molar-refractivity contribution < 1.29 is 9.84 Å². The lowest BCUT2D eigenvalue weighted by Gasteiger charge is -2.18. The van der Waals surface area contributed by atoms with E-state index in [0.29, 0.717) is 0 Å². The predicted octanol–water partition coefficient (Wildman–Crippen LogP) is 6.31. The Hall–Kier alpha value is -2.14. The maximum Gasteiger partial charge on any atom is 0.119 e. The number of hydrogen-bond donors (Lipinski definition) is 1. The third kappa shape index (κ3) is 7.49. The maximum absolute atomic E-state index is 9.52. The van der Waals surface area contributed by atoms with Gasteiger partial charge in [-0.15, -0.1) is 0 Å². The number of nitrogens with zero attached hydrogens (tertiary/aromatic N) is 1. The number of benzene rings is 2. The van der Waals surface area contributed by atoms with Crippen LogP contribution in [0.15, 0.2) is 76.8 Å². The van der Waals surface area contributed by atoms with E-state index in [1.807, 2.05) is 13.0 Å². The number of rotatable bonds is 11. The molecule has 1 N–H and O–H groups in total. The van der Waals surface area contributed by atoms with Crippen molar-refractivity contribution in [2.45, 2.75) is 26.7 Å². The van der Waals surface area contributed by atoms with Gasteiger partial charge in [0.15, 0.2) is 0 Å². The number of aliphatic hydroxyl groups excluding tert-OH is 1. The van der Waals surface area contributed by atoms with Crippen molar-refractivity contribution in [3.05, 3.63) is 87.9 Å². The van der Waals surface area contributed by atoms with Gasteiger partial charge in [-0.05, 0) is 71.2 Å². The predicted molar refractivity (Wildman–Crippen MR) is 134 cm³/mol. The van der Waals surface area contributed by atoms with Crippen molar-refractivity contribution in [3.63, 3.8) is 0 Å². The smallest absolute Gasteiger partial charge is 0.119 e. The Balaban J connectivity index is 1.98. The van der Waals surface area contributed by atoms with Crippen molar-refractivity contribution in [1.29, 1.82) is 0 Å². The van der Waals surface area contributed by atoms with E-state index in [4.69, 9.17) is 4.74 Å². The summed E-state index contributed by atoms with van der Waals surface area (Å²) in [4.78, 5) is 2.36. The van der Waals surface area contributed by atoms with Gasteiger partial charge >= 0.3 is 0 Å². The first-order valence-electron chi connectivity index (χ1n) is 10.9. The first kappa shape index (κ1) is 23.5. The van der Waals surface area contributed by atoms with Gasteiger partial charge in [-0.1, -0.05) is 70.5 Å². The lowest BCUT2D eigenvalue weighted by molar-refractivity contribution is 0.290. The van der Waals surface area contributed by atoms with E-state index in [0.717, 1.165) is 41.8 Å². The second kappa shape index (κ2) is 12.0. The lowest BCUT2D eigenvalue weighted by Crippen LogP contribution is -2.10. The zero-order valence-corrected chi connectivity index (χ0v) is 20.1. The van der Waals surface area contributed by atoms with Crippen molar-refractivity contribution in [1.82, 2.24) is 4.90 Å². The lowest BCUT2D eigenvalue weighted by atomic mass is 9.87. The molecule has 31 heavy (non-hydrogen) atoms. The van der Waals surface area contributed by atoms with Gasteiger partial charge in [-0.3, -0.25) is 4.90 Å². The Bertz CT molecular complexity index is 921. The fraction of sp³-hybridized carbons (Fsp3) is 0.333. The van der Waals surface area contributed by atoms with Crippen LogP contribution < -0.4 is 4.74 Å². The van der Waals surface area contributed by atoms with E-state index in [9.17, 15) is 5.11 Å². The van der Waals surface area contributed by atoms with Gasteiger partial charge in [0.2, 0.25) is 0 Å². The molecule has 2 aromatic carbocycles. The molecular formula is C27H32BrNO2. The van der Waals surface area contributed by atoms with E-state index < -0.39 is 0 Å². The van der Waals surface area contributed by atoms with Crippen LogP contribution in [0.3, 0.4) is 0 Å². The Morgan fingerprint density at radius 2 is 1.71 bits per heavy atom. The van der Waals surface area contributed by atoms with E-state index in [1.165, 1.54) is 35.4 Å². The quantitative estimate of drug-likeness (QED) is 0.232. The van der Waals surface area contributed by atoms with E-state index in [-0.39, 0.29) is 6.61 Å². The van der Waals surface area contributed by atoms with Crippen molar-refractivity contribution in [3.8, 4) is 5.75 Å². The summed E-state index contributed by atoms with van der Waals surface area (Å²) >= 11 is 3.53. The minimum Gasteiger partial charge on any atom is -0.492 e. The topological polar surface area (TPSA) is 32.5 Å². The summed E-state index contributed by atoms with van der Waals surface area (Å²) in [6, 6.07) is 18.9. The average Bonchev–Trinajstić information content (AvgIpc) is 3.61. The SMILES string of the molecule is C\C(Br)=C/C=C(C)/C(=C(\CCCO)c1ccccc1)c1ccc(OCCN2CC2)cc1. The molecule has 4 heteroatoms. The summed E-state index contributed by atoms with van der Waals surface area (Å²) in [5.41, 5.74) is 5.99. The van der Waals surface area contributed by atoms with Gasteiger partial charge < -0.3 is 9.84 Å². The standard InChI is InChI=1S/C27H32BrNO2/c1-21(10-11-22(2)28)27(26(9-6-19-30)23-7-4-3-5-8-23)24-12-14-25(15-13-24)31-20-18-29-16-17-29/h3-5,7-8,10-15,30H,6,9,16-20H2,1-2H3/b21-10+,22-11+,27-26-. The molecule has 1 heterocycles. The number of halogens is 1. The summed E-state index contributed by atoms with van der Waals surface area (Å²) in [5, 5.41) is 9.52. The number of hydrogen-bond acceptors (Lipinski definition) is 3. The zero-order valence-electron chi connectivity index (χ0n) is 18.5. The molecule has 0 aliphatic carbocycles. The van der Waals surface area contributed by atoms with Crippen LogP contribution in [0, 0.1) is 0 Å². The molecule has 0 amide bonds. The molecule has 1 aliphatic heterocycles. The van der Waals surface area contributed by atoms with Crippen LogP contribution in [-0.4, -0.2) is 42.9 Å². The summed E-state index contributed by atoms with van der Waals surface area (Å²) in [5.74, 6) is 0.902. The Kier molecular flexibility index (Phi) is 9.13. The molecule has 3 nitrogen and oxygen atoms in total. The van der Waals surface area contributed by atoms with Crippen molar-refractivity contribution in [2.24, 2.45) is 0 Å². The van der Waals surface area contributed by atoms with E-state index in [1.54, 1.807) is 0 Å². The monoisotopic (exact) mass is 481 g/mol. The third-order valence-corrected chi connectivity index (χ3v) is 5.59. The molecule has 0 atom stereocenters. The van der Waals surface area contributed by atoms with Gasteiger partial charge in [-0.25, -0.2) is 0 Å². The summed E-state index contributed by atoms with van der Waals surface area (Å²) < 4.78 is 7.00. The molecule has 0 spiro atoms. The fourth-order valence-electron chi connectivity index (χ4n) is 3.58. The largest absolute Gasteiger partial charge is 0.492 e. The summed E-state index contributed by atoms with van der Waals surface area (Å²) in [7, 11) is 0. The van der Waals surface area contributed by atoms with Gasteiger partial charge in [0.1, 0.15) is 12.4 Å². The van der Waals surface area contributed by atoms with Crippen molar-refractivity contribution in [2.75, 3.05) is 32.8 Å². The molecule has 1 saturated heterocycles. The zero-order chi connectivity index (χ0) is 22.1. The second-order valence-electron chi connectivity index (χ2n) is 7.86. The molecule has 0 radical (unpaired) electrons. The van der Waals surface area contributed by atoms with Gasteiger partial charge in [0.25, 0.3) is 0 Å². The molecule has 0 aromatic heterocycles.